The zero-order valence-electron chi connectivity index (χ0n) is 58.1. The van der Waals surface area contributed by atoms with Crippen molar-refractivity contribution in [1.82, 2.24) is 60.9 Å². The molecule has 2 aromatic rings. The Labute approximate surface area is 550 Å². The number of urea groups is 1. The van der Waals surface area contributed by atoms with Gasteiger partial charge in [0.25, 0.3) is 11.8 Å². The van der Waals surface area contributed by atoms with E-state index in [0.717, 1.165) is 28.2 Å². The summed E-state index contributed by atoms with van der Waals surface area (Å²) in [6.07, 6.45) is 0.404. The van der Waals surface area contributed by atoms with Gasteiger partial charge in [0, 0.05) is 68.2 Å². The number of hydrogen-bond acceptors (Lipinski definition) is 13. The molecule has 2 fully saturated rings. The van der Waals surface area contributed by atoms with E-state index in [-0.39, 0.29) is 62.9 Å². The normalized spacial score (nSPS) is 25.7. The highest BCUT2D eigenvalue weighted by atomic mass is 16.3. The molecule has 2 saturated heterocycles. The number of aliphatic hydroxyl groups is 1. The summed E-state index contributed by atoms with van der Waals surface area (Å²) in [6, 6.07) is 2.34. The van der Waals surface area contributed by atoms with Crippen LogP contribution in [0.25, 0.3) is 0 Å². The molecule has 6 N–H and O–H groups in total. The van der Waals surface area contributed by atoms with Gasteiger partial charge in [0.2, 0.25) is 53.2 Å². The van der Waals surface area contributed by atoms with Crippen molar-refractivity contribution in [2.45, 2.75) is 201 Å². The van der Waals surface area contributed by atoms with Crippen molar-refractivity contribution in [1.29, 1.82) is 0 Å². The lowest BCUT2D eigenvalue weighted by Gasteiger charge is -2.37. The summed E-state index contributed by atoms with van der Waals surface area (Å²) in [5.41, 5.74) is 1.31. The minimum Gasteiger partial charge on any atom is -0.391 e. The largest absolute Gasteiger partial charge is 0.391 e. The van der Waals surface area contributed by atoms with E-state index in [9.17, 15) is 48.3 Å². The second kappa shape index (κ2) is 35.3. The van der Waals surface area contributed by atoms with Crippen LogP contribution in [-0.4, -0.2) is 232 Å². The standard InChI is InChI=1S/C68H106N12O13/c1-39(2)34-48-63(88)77(16)52(38-47-30-24-20-25-31-47)58(83)70-49(37-46-28-22-19-23-29-46)64(89)76(15)51(36-41(5)6)59(84)71-53(42(7)8)65(90)78(17)56(43(9)10)61(86)72-54(45(12)81)60(85)73-55(67(92)80-32-26-21-27-33-80)66(91)79(18)68(93)74(13)44(11)62(87)75(14)50(35-40(3)4)57(82)69-48/h19-20,22-25,28-31,39-45,48-56,81H,21,26-27,32-38H2,1-18H3,(H,69,82)(H,70,83)(H,71,84)(H,72,86)(H,73,85)/t44-,45+,48-,49-,50-,51-,52-,53+,54-,55?,56-/m0/s1. The van der Waals surface area contributed by atoms with E-state index in [4.69, 9.17) is 0 Å². The molecular weight excluding hydrogens is 1190 g/mol. The molecule has 2 aliphatic heterocycles. The maximum absolute atomic E-state index is 15.3. The Morgan fingerprint density at radius 3 is 1.38 bits per heavy atom. The van der Waals surface area contributed by atoms with Crippen LogP contribution in [0.1, 0.15) is 133 Å². The third-order valence-electron chi connectivity index (χ3n) is 17.5. The van der Waals surface area contributed by atoms with Crippen molar-refractivity contribution in [3.05, 3.63) is 71.8 Å². The number of carbonyl (C=O) groups is 12. The Kier molecular flexibility index (Phi) is 29.5. The molecule has 2 heterocycles. The molecule has 1 unspecified atom stereocenters. The molecule has 93 heavy (non-hydrogen) atoms. The highest BCUT2D eigenvalue weighted by Gasteiger charge is 2.45. The van der Waals surface area contributed by atoms with Gasteiger partial charge >= 0.3 is 6.03 Å². The number of carbonyl (C=O) groups excluding carboxylic acids is 12. The fraction of sp³-hybridized carbons (Fsp3) is 0.647. The number of hydrogen-bond donors (Lipinski definition) is 6. The third kappa shape index (κ3) is 21.0. The number of likely N-dealkylation sites (tertiary alicyclic amines) is 1. The average Bonchev–Trinajstić information content (AvgIpc) is 0.988. The molecule has 25 nitrogen and oxygen atoms in total. The van der Waals surface area contributed by atoms with Gasteiger partial charge in [-0.05, 0) is 93.1 Å². The van der Waals surface area contributed by atoms with Crippen molar-refractivity contribution < 1.29 is 62.6 Å². The lowest BCUT2D eigenvalue weighted by atomic mass is 9.95. The second-order valence-corrected chi connectivity index (χ2v) is 27.2. The van der Waals surface area contributed by atoms with Gasteiger partial charge in [-0.3, -0.25) is 57.6 Å². The summed E-state index contributed by atoms with van der Waals surface area (Å²) in [5, 5.41) is 24.9. The Morgan fingerprint density at radius 1 is 0.452 bits per heavy atom. The molecule has 0 aliphatic carbocycles. The summed E-state index contributed by atoms with van der Waals surface area (Å²) >= 11 is 0. The number of aliphatic hydroxyl groups excluding tert-OH is 1. The highest BCUT2D eigenvalue weighted by molar-refractivity contribution is 6.12. The van der Waals surface area contributed by atoms with E-state index >= 15 is 14.4 Å². The molecule has 0 bridgehead atoms. The summed E-state index contributed by atoms with van der Waals surface area (Å²) in [7, 11) is 7.90. The van der Waals surface area contributed by atoms with E-state index in [1.165, 1.54) is 63.8 Å². The number of imide groups is 1. The first-order chi connectivity index (χ1) is 43.5. The van der Waals surface area contributed by atoms with Crippen LogP contribution >= 0.6 is 0 Å². The Bertz CT molecular complexity index is 2920. The molecular formula is C68H106N12O13. The number of amides is 13. The maximum Gasteiger partial charge on any atom is 0.326 e. The van der Waals surface area contributed by atoms with Gasteiger partial charge in [-0.1, -0.05) is 130 Å². The molecule has 0 spiro atoms. The van der Waals surface area contributed by atoms with E-state index in [1.54, 1.807) is 88.4 Å². The first-order valence-corrected chi connectivity index (χ1v) is 32.7. The highest BCUT2D eigenvalue weighted by Crippen LogP contribution is 2.23. The van der Waals surface area contributed by atoms with Crippen molar-refractivity contribution in [2.75, 3.05) is 55.4 Å². The van der Waals surface area contributed by atoms with Gasteiger partial charge in [0.15, 0.2) is 6.04 Å². The van der Waals surface area contributed by atoms with Gasteiger partial charge in [-0.2, -0.15) is 0 Å². The Balaban J connectivity index is 1.97. The zero-order chi connectivity index (χ0) is 70.0. The number of rotatable bonds is 14. The van der Waals surface area contributed by atoms with Crippen LogP contribution < -0.4 is 26.6 Å². The van der Waals surface area contributed by atoms with Gasteiger partial charge in [0.1, 0.15) is 54.4 Å². The summed E-state index contributed by atoms with van der Waals surface area (Å²) in [5.74, 6) is -11.1. The number of likely N-dealkylation sites (N-methyl/N-ethyl adjacent to an activating group) is 6. The first kappa shape index (κ1) is 77.5. The first-order valence-electron chi connectivity index (χ1n) is 32.7. The molecule has 11 atom stereocenters. The monoisotopic (exact) mass is 1300 g/mol. The topological polar surface area (TPSA) is 308 Å². The fourth-order valence-corrected chi connectivity index (χ4v) is 11.8. The second-order valence-electron chi connectivity index (χ2n) is 27.2. The number of piperidine rings is 1. The predicted octanol–water partition coefficient (Wildman–Crippen LogP) is 2.96. The number of nitrogens with zero attached hydrogens (tertiary/aromatic N) is 7. The molecule has 516 valence electrons. The van der Waals surface area contributed by atoms with Crippen LogP contribution in [0.2, 0.25) is 0 Å². The molecule has 0 radical (unpaired) electrons. The zero-order valence-corrected chi connectivity index (χ0v) is 58.1. The number of benzene rings is 2. The van der Waals surface area contributed by atoms with Gasteiger partial charge < -0.3 is 61.1 Å². The lowest BCUT2D eigenvalue weighted by Crippen LogP contribution is -2.65. The third-order valence-corrected chi connectivity index (χ3v) is 17.5. The van der Waals surface area contributed by atoms with Crippen LogP contribution in [0.15, 0.2) is 60.7 Å². The van der Waals surface area contributed by atoms with E-state index in [1.807, 2.05) is 41.5 Å². The Morgan fingerprint density at radius 2 is 0.892 bits per heavy atom. The molecule has 2 aromatic carbocycles. The lowest BCUT2D eigenvalue weighted by molar-refractivity contribution is -0.149. The SMILES string of the molecule is CC(C)C[C@@H]1NC(=O)[C@H](CC(C)C)N(C)C(=O)[C@H](C)N(C)C(=O)N(C)C(=O)C(C(=O)N2CCCCC2)NC(=O)[C@H]([C@@H](C)O)NC(=O)[C@H](C(C)C)N(C)C(=O)[C@@H](C(C)C)NC(=O)[C@H](CC(C)C)N(C)C(=O)[C@H](Cc2ccccc2)NC(=O)[C@H](Cc2ccccc2)N(C)C1=O. The summed E-state index contributed by atoms with van der Waals surface area (Å²) in [4.78, 5) is 186. The predicted molar refractivity (Wildman–Crippen MR) is 352 cm³/mol. The van der Waals surface area contributed by atoms with Gasteiger partial charge in [0.05, 0.1) is 6.10 Å². The van der Waals surface area contributed by atoms with Gasteiger partial charge in [-0.15, -0.1) is 0 Å². The van der Waals surface area contributed by atoms with Crippen molar-refractivity contribution in [3.63, 3.8) is 0 Å². The minimum absolute atomic E-state index is 0.0422. The minimum atomic E-state index is -2.09. The van der Waals surface area contributed by atoms with E-state index < -0.39 is 149 Å². The molecule has 2 aliphatic rings. The van der Waals surface area contributed by atoms with Gasteiger partial charge in [-0.25, -0.2) is 4.79 Å². The smallest absolute Gasteiger partial charge is 0.326 e. The molecule has 0 aromatic heterocycles. The average molecular weight is 1300 g/mol. The summed E-state index contributed by atoms with van der Waals surface area (Å²) in [6.45, 7) is 20.7. The quantitative estimate of drug-likeness (QED) is 0.149. The Hall–Kier alpha value is -7.96. The van der Waals surface area contributed by atoms with Crippen LogP contribution in [0.3, 0.4) is 0 Å². The maximum atomic E-state index is 15.3. The van der Waals surface area contributed by atoms with Crippen molar-refractivity contribution in [2.24, 2.45) is 29.6 Å². The molecule has 13 amide bonds. The molecule has 4 rings (SSSR count). The van der Waals surface area contributed by atoms with Crippen LogP contribution in [0.5, 0.6) is 0 Å². The van der Waals surface area contributed by atoms with E-state index in [2.05, 4.69) is 26.6 Å². The van der Waals surface area contributed by atoms with Crippen LogP contribution in [0.4, 0.5) is 4.79 Å². The molecule has 25 heteroatoms. The molecule has 0 saturated carbocycles. The number of nitrogens with one attached hydrogen (secondary N) is 5. The summed E-state index contributed by atoms with van der Waals surface area (Å²) < 4.78 is 0. The van der Waals surface area contributed by atoms with Crippen LogP contribution in [-0.2, 0) is 65.6 Å². The van der Waals surface area contributed by atoms with Crippen LogP contribution in [0, 0.1) is 29.6 Å². The van der Waals surface area contributed by atoms with E-state index in [0.29, 0.717) is 28.9 Å². The van der Waals surface area contributed by atoms with Crippen molar-refractivity contribution >= 4 is 71.0 Å². The van der Waals surface area contributed by atoms with Crippen molar-refractivity contribution in [3.8, 4) is 0 Å². The fourth-order valence-electron chi connectivity index (χ4n) is 11.8.